The van der Waals surface area contributed by atoms with Gasteiger partial charge in [0, 0.05) is 10.5 Å². The number of halogens is 2. The smallest absolute Gasteiger partial charge is 0.140 e. The molecule has 0 fully saturated rings. The number of aryl methyl sites for hydroxylation is 1. The van der Waals surface area contributed by atoms with Gasteiger partial charge in [0.25, 0.3) is 0 Å². The highest BCUT2D eigenvalue weighted by atomic mass is 79.9. The molecule has 0 saturated heterocycles. The zero-order valence-electron chi connectivity index (χ0n) is 12.1. The van der Waals surface area contributed by atoms with Crippen LogP contribution in [0.4, 0.5) is 0 Å². The van der Waals surface area contributed by atoms with E-state index in [0.717, 1.165) is 16.5 Å². The summed E-state index contributed by atoms with van der Waals surface area (Å²) in [6, 6.07) is 13.7. The normalized spacial score (nSPS) is 13.8. The van der Waals surface area contributed by atoms with Gasteiger partial charge in [-0.15, -0.1) is 0 Å². The molecule has 21 heavy (non-hydrogen) atoms. The maximum absolute atomic E-state index is 6.24. The molecule has 2 rings (SSSR count). The van der Waals surface area contributed by atoms with E-state index >= 15 is 0 Å². The molecule has 112 valence electrons. The van der Waals surface area contributed by atoms with Crippen LogP contribution in [0, 0.1) is 6.92 Å². The third kappa shape index (κ3) is 4.22. The molecule has 0 aliphatic carbocycles. The topological polar surface area (TPSA) is 35.2 Å². The molecule has 0 amide bonds. The summed E-state index contributed by atoms with van der Waals surface area (Å²) in [5.74, 6) is 0.639. The van der Waals surface area contributed by atoms with Gasteiger partial charge in [0.05, 0.1) is 5.02 Å². The second kappa shape index (κ2) is 7.30. The number of nitrogens with two attached hydrogens (primary N) is 1. The van der Waals surface area contributed by atoms with E-state index in [0.29, 0.717) is 10.8 Å². The first-order valence-corrected chi connectivity index (χ1v) is 8.12. The number of benzene rings is 2. The number of ether oxygens (including phenoxy) is 1. The lowest BCUT2D eigenvalue weighted by atomic mass is 10.00. The highest BCUT2D eigenvalue weighted by Gasteiger charge is 2.21. The van der Waals surface area contributed by atoms with Crippen LogP contribution in [0.5, 0.6) is 5.75 Å². The van der Waals surface area contributed by atoms with Crippen molar-refractivity contribution in [3.63, 3.8) is 0 Å². The quantitative estimate of drug-likeness (QED) is 0.780. The van der Waals surface area contributed by atoms with Crippen molar-refractivity contribution in [1.82, 2.24) is 0 Å². The number of hydrogen-bond acceptors (Lipinski definition) is 2. The molecule has 2 N–H and O–H groups in total. The molecule has 0 aliphatic rings. The fourth-order valence-electron chi connectivity index (χ4n) is 2.08. The van der Waals surface area contributed by atoms with Gasteiger partial charge in [0.1, 0.15) is 11.9 Å². The van der Waals surface area contributed by atoms with Crippen LogP contribution in [-0.2, 0) is 0 Å². The molecule has 4 heteroatoms. The average molecular weight is 369 g/mol. The minimum absolute atomic E-state index is 0.0947. The van der Waals surface area contributed by atoms with Crippen LogP contribution in [0.2, 0.25) is 5.02 Å². The van der Waals surface area contributed by atoms with Crippen molar-refractivity contribution in [2.24, 2.45) is 5.73 Å². The Hall–Kier alpha value is -1.03. The summed E-state index contributed by atoms with van der Waals surface area (Å²) in [6.07, 6.45) is 0.604. The van der Waals surface area contributed by atoms with E-state index in [1.165, 1.54) is 5.56 Å². The Morgan fingerprint density at radius 3 is 2.48 bits per heavy atom. The summed E-state index contributed by atoms with van der Waals surface area (Å²) in [4.78, 5) is 0. The molecular formula is C17H19BrClNO. The average Bonchev–Trinajstić information content (AvgIpc) is 2.48. The van der Waals surface area contributed by atoms with Gasteiger partial charge in [-0.05, 0) is 37.1 Å². The van der Waals surface area contributed by atoms with Crippen LogP contribution in [0.25, 0.3) is 0 Å². The lowest BCUT2D eigenvalue weighted by Gasteiger charge is -2.25. The predicted molar refractivity (Wildman–Crippen MR) is 92.0 cm³/mol. The Morgan fingerprint density at radius 2 is 1.86 bits per heavy atom. The zero-order valence-corrected chi connectivity index (χ0v) is 14.5. The Balaban J connectivity index is 2.32. The summed E-state index contributed by atoms with van der Waals surface area (Å²) < 4.78 is 7.04. The summed E-state index contributed by atoms with van der Waals surface area (Å²) in [7, 11) is 0. The van der Waals surface area contributed by atoms with E-state index in [4.69, 9.17) is 22.1 Å². The van der Waals surface area contributed by atoms with Gasteiger partial charge >= 0.3 is 0 Å². The van der Waals surface area contributed by atoms with Crippen molar-refractivity contribution in [2.75, 3.05) is 0 Å². The van der Waals surface area contributed by atoms with Crippen LogP contribution in [-0.4, -0.2) is 6.04 Å². The van der Waals surface area contributed by atoms with Gasteiger partial charge in [0.2, 0.25) is 0 Å². The molecule has 2 aromatic carbocycles. The molecule has 0 heterocycles. The van der Waals surface area contributed by atoms with E-state index in [-0.39, 0.29) is 12.1 Å². The summed E-state index contributed by atoms with van der Waals surface area (Å²) in [5.41, 5.74) is 8.52. The molecule has 0 bridgehead atoms. The van der Waals surface area contributed by atoms with Gasteiger partial charge in [-0.2, -0.15) is 0 Å². The predicted octanol–water partition coefficient (Wildman–Crippen LogP) is 5.27. The first-order valence-electron chi connectivity index (χ1n) is 6.95. The SMILES string of the molecule is CCC(N)C(Oc1cc(Br)ccc1Cl)c1ccc(C)cc1. The number of rotatable bonds is 5. The summed E-state index contributed by atoms with van der Waals surface area (Å²) in [6.45, 7) is 4.11. The Morgan fingerprint density at radius 1 is 1.19 bits per heavy atom. The van der Waals surface area contributed by atoms with Gasteiger partial charge in [0.15, 0.2) is 0 Å². The lowest BCUT2D eigenvalue weighted by Crippen LogP contribution is -2.31. The second-order valence-corrected chi connectivity index (χ2v) is 6.42. The van der Waals surface area contributed by atoms with Gasteiger partial charge in [-0.1, -0.05) is 64.3 Å². The summed E-state index contributed by atoms with van der Waals surface area (Å²) >= 11 is 9.65. The Kier molecular flexibility index (Phi) is 5.68. The maximum Gasteiger partial charge on any atom is 0.140 e. The molecule has 2 aromatic rings. The standard InChI is InChI=1S/C17H19BrClNO/c1-3-15(20)17(12-6-4-11(2)5-7-12)21-16-10-13(18)8-9-14(16)19/h4-10,15,17H,3,20H2,1-2H3. The Labute approximate surface area is 139 Å². The van der Waals surface area contributed by atoms with E-state index in [1.54, 1.807) is 0 Å². The van der Waals surface area contributed by atoms with Crippen molar-refractivity contribution in [1.29, 1.82) is 0 Å². The second-order valence-electron chi connectivity index (χ2n) is 5.10. The van der Waals surface area contributed by atoms with Crippen LogP contribution in [0.3, 0.4) is 0 Å². The minimum Gasteiger partial charge on any atom is -0.482 e. The molecular weight excluding hydrogens is 350 g/mol. The molecule has 2 nitrogen and oxygen atoms in total. The third-order valence-corrected chi connectivity index (χ3v) is 4.22. The Bertz CT molecular complexity index is 600. The first kappa shape index (κ1) is 16.3. The van der Waals surface area contributed by atoms with E-state index in [1.807, 2.05) is 18.2 Å². The van der Waals surface area contributed by atoms with Crippen LogP contribution in [0.15, 0.2) is 46.9 Å². The van der Waals surface area contributed by atoms with Crippen LogP contribution in [0.1, 0.15) is 30.6 Å². The van der Waals surface area contributed by atoms with Crippen LogP contribution < -0.4 is 10.5 Å². The molecule has 0 spiro atoms. The molecule has 0 aliphatic heterocycles. The first-order chi connectivity index (χ1) is 10.0. The van der Waals surface area contributed by atoms with Crippen molar-refractivity contribution >= 4 is 27.5 Å². The largest absolute Gasteiger partial charge is 0.482 e. The van der Waals surface area contributed by atoms with Gasteiger partial charge in [-0.3, -0.25) is 0 Å². The zero-order chi connectivity index (χ0) is 15.4. The highest BCUT2D eigenvalue weighted by Crippen LogP contribution is 2.33. The van der Waals surface area contributed by atoms with Crippen molar-refractivity contribution < 1.29 is 4.74 Å². The molecule has 0 radical (unpaired) electrons. The van der Waals surface area contributed by atoms with Crippen LogP contribution >= 0.6 is 27.5 Å². The third-order valence-electron chi connectivity index (χ3n) is 3.41. The number of hydrogen-bond donors (Lipinski definition) is 1. The minimum atomic E-state index is -0.220. The van der Waals surface area contributed by atoms with Gasteiger partial charge in [-0.25, -0.2) is 0 Å². The highest BCUT2D eigenvalue weighted by molar-refractivity contribution is 9.10. The van der Waals surface area contributed by atoms with Crippen molar-refractivity contribution in [3.05, 3.63) is 63.1 Å². The van der Waals surface area contributed by atoms with E-state index in [9.17, 15) is 0 Å². The monoisotopic (exact) mass is 367 g/mol. The fraction of sp³-hybridized carbons (Fsp3) is 0.294. The fourth-order valence-corrected chi connectivity index (χ4v) is 2.58. The van der Waals surface area contributed by atoms with E-state index in [2.05, 4.69) is 54.0 Å². The van der Waals surface area contributed by atoms with Crippen molar-refractivity contribution in [3.8, 4) is 5.75 Å². The lowest BCUT2D eigenvalue weighted by molar-refractivity contribution is 0.171. The summed E-state index contributed by atoms with van der Waals surface area (Å²) in [5, 5.41) is 0.582. The molecule has 2 unspecified atom stereocenters. The molecule has 0 saturated carbocycles. The van der Waals surface area contributed by atoms with Crippen molar-refractivity contribution in [2.45, 2.75) is 32.4 Å². The van der Waals surface area contributed by atoms with E-state index < -0.39 is 0 Å². The molecule has 2 atom stereocenters. The molecule has 0 aromatic heterocycles. The van der Waals surface area contributed by atoms with Gasteiger partial charge < -0.3 is 10.5 Å². The maximum atomic E-state index is 6.24.